The maximum atomic E-state index is 14.4. The topological polar surface area (TPSA) is 90.9 Å². The lowest BCUT2D eigenvalue weighted by Crippen LogP contribution is -2.54. The lowest BCUT2D eigenvalue weighted by Gasteiger charge is -2.45. The highest BCUT2D eigenvalue weighted by atomic mass is 28.4. The van der Waals surface area contributed by atoms with Gasteiger partial charge in [0.15, 0.2) is 14.6 Å². The molecule has 3 aliphatic heterocycles. The summed E-state index contributed by atoms with van der Waals surface area (Å²) in [5, 5.41) is -0.0537. The Morgan fingerprint density at radius 1 is 0.810 bits per heavy atom. The molecule has 0 unspecified atom stereocenters. The van der Waals surface area contributed by atoms with E-state index in [0.717, 1.165) is 16.7 Å². The fourth-order valence-electron chi connectivity index (χ4n) is 7.83. The van der Waals surface area contributed by atoms with Gasteiger partial charge in [0.1, 0.15) is 23.9 Å². The molecule has 3 aliphatic rings. The number of ether oxygens (including phenoxy) is 7. The molecular weight excluding hydrogens is 749 g/mol. The van der Waals surface area contributed by atoms with E-state index in [2.05, 4.69) is 64.2 Å². The Morgan fingerprint density at radius 2 is 1.45 bits per heavy atom. The predicted octanol–water partition coefficient (Wildman–Crippen LogP) is 10.0. The first-order valence-electron chi connectivity index (χ1n) is 21.2. The van der Waals surface area contributed by atoms with Gasteiger partial charge in [-0.05, 0) is 75.2 Å². The van der Waals surface area contributed by atoms with Crippen molar-refractivity contribution in [3.8, 4) is 0 Å². The molecule has 3 aromatic carbocycles. The molecule has 6 rings (SSSR count). The predicted molar refractivity (Wildman–Crippen MR) is 228 cm³/mol. The van der Waals surface area contributed by atoms with E-state index >= 15 is 0 Å². The van der Waals surface area contributed by atoms with Crippen molar-refractivity contribution in [1.82, 2.24) is 0 Å². The van der Waals surface area contributed by atoms with Gasteiger partial charge in [0.25, 0.3) is 0 Å². The lowest BCUT2D eigenvalue weighted by molar-refractivity contribution is -0.270. The van der Waals surface area contributed by atoms with Gasteiger partial charge in [0.05, 0.1) is 57.3 Å². The van der Waals surface area contributed by atoms with Gasteiger partial charge in [0.2, 0.25) is 0 Å². The number of rotatable bonds is 15. The summed E-state index contributed by atoms with van der Waals surface area (Å²) in [6.45, 7) is 16.8. The van der Waals surface area contributed by atoms with Crippen LogP contribution in [0.2, 0.25) is 18.1 Å². The van der Waals surface area contributed by atoms with Crippen LogP contribution in [0.25, 0.3) is 0 Å². The van der Waals surface area contributed by atoms with E-state index in [1.54, 1.807) is 0 Å². The summed E-state index contributed by atoms with van der Waals surface area (Å²) in [4.78, 5) is 14.4. The van der Waals surface area contributed by atoms with E-state index < -0.39 is 32.4 Å². The molecule has 0 aromatic heterocycles. The van der Waals surface area contributed by atoms with Crippen molar-refractivity contribution in [3.63, 3.8) is 0 Å². The van der Waals surface area contributed by atoms with Gasteiger partial charge in [-0.25, -0.2) is 0 Å². The zero-order valence-electron chi connectivity index (χ0n) is 35.7. The average molecular weight is 815 g/mol. The molecule has 0 aliphatic carbocycles. The Bertz CT molecular complexity index is 1720. The van der Waals surface area contributed by atoms with Crippen LogP contribution in [0.4, 0.5) is 0 Å². The van der Waals surface area contributed by atoms with Gasteiger partial charge in [0, 0.05) is 5.56 Å². The third-order valence-electron chi connectivity index (χ3n) is 12.3. The monoisotopic (exact) mass is 814 g/mol. The Hall–Kier alpha value is -3.19. The molecule has 0 bridgehead atoms. The highest BCUT2D eigenvalue weighted by molar-refractivity contribution is 6.74. The summed E-state index contributed by atoms with van der Waals surface area (Å²) in [5.41, 5.74) is 2.10. The lowest BCUT2D eigenvalue weighted by atomic mass is 9.92. The normalized spacial score (nSPS) is 29.6. The molecule has 3 heterocycles. The third kappa shape index (κ3) is 12.0. The first-order valence-corrected chi connectivity index (χ1v) is 24.2. The number of carbonyl (C=O) groups excluding carboxylic acids is 1. The minimum Gasteiger partial charge on any atom is -0.459 e. The van der Waals surface area contributed by atoms with Crippen molar-refractivity contribution in [2.45, 2.75) is 159 Å². The Balaban J connectivity index is 1.22. The van der Waals surface area contributed by atoms with Crippen LogP contribution in [0.3, 0.4) is 0 Å². The summed E-state index contributed by atoms with van der Waals surface area (Å²) in [7, 11) is -2.32. The standard InChI is InChI=1S/C48H66O9Si/c1-8-9-25-39-40(26-27-41-42(53-39)34-52-46(55-41)37-23-17-12-18-24-37)54-45(49)30-48(5)44(57-58(6,7)47(2,3)4)29-28-38(51-32-36-21-15-11-16-22-36)43(56-48)33-50-31-35-19-13-10-14-20-35/h8-24,38-44,46H,25-34H2,1-7H3/b9-8-/t38-,39+,40-,41+,42-,43+,44+,46-,48-/m1/s1. The molecule has 0 radical (unpaired) electrons. The first-order chi connectivity index (χ1) is 27.8. The van der Waals surface area contributed by atoms with Gasteiger partial charge in [-0.15, -0.1) is 0 Å². The van der Waals surface area contributed by atoms with Gasteiger partial charge < -0.3 is 37.6 Å². The van der Waals surface area contributed by atoms with Crippen LogP contribution in [0.15, 0.2) is 103 Å². The summed E-state index contributed by atoms with van der Waals surface area (Å²) in [6.07, 6.45) is 4.42. The minimum atomic E-state index is -2.32. The van der Waals surface area contributed by atoms with Gasteiger partial charge in [-0.3, -0.25) is 4.79 Å². The fraction of sp³-hybridized carbons (Fsp3) is 0.562. The second-order valence-corrected chi connectivity index (χ2v) is 22.6. The van der Waals surface area contributed by atoms with Crippen LogP contribution in [-0.4, -0.2) is 75.8 Å². The van der Waals surface area contributed by atoms with Gasteiger partial charge in [-0.1, -0.05) is 124 Å². The van der Waals surface area contributed by atoms with Gasteiger partial charge in [-0.2, -0.15) is 0 Å². The Labute approximate surface area is 347 Å². The van der Waals surface area contributed by atoms with Crippen LogP contribution in [-0.2, 0) is 55.6 Å². The van der Waals surface area contributed by atoms with E-state index in [-0.39, 0.29) is 47.9 Å². The summed E-state index contributed by atoms with van der Waals surface area (Å²) < 4.78 is 53.2. The molecule has 9 nitrogen and oxygen atoms in total. The van der Waals surface area contributed by atoms with Crippen molar-refractivity contribution in [2.24, 2.45) is 0 Å². The zero-order chi connectivity index (χ0) is 41.2. The minimum absolute atomic E-state index is 0.00225. The van der Waals surface area contributed by atoms with Crippen molar-refractivity contribution >= 4 is 14.3 Å². The molecule has 10 heteroatoms. The van der Waals surface area contributed by atoms with Crippen LogP contribution >= 0.6 is 0 Å². The number of hydrogen-bond donors (Lipinski definition) is 0. The zero-order valence-corrected chi connectivity index (χ0v) is 36.7. The third-order valence-corrected chi connectivity index (χ3v) is 16.7. The van der Waals surface area contributed by atoms with Crippen LogP contribution in [0.1, 0.15) is 96.1 Å². The summed E-state index contributed by atoms with van der Waals surface area (Å²) in [5.74, 6) is -0.345. The van der Waals surface area contributed by atoms with Crippen molar-refractivity contribution in [1.29, 1.82) is 0 Å². The number of carbonyl (C=O) groups is 1. The van der Waals surface area contributed by atoms with Crippen molar-refractivity contribution in [3.05, 3.63) is 120 Å². The Morgan fingerprint density at radius 3 is 2.10 bits per heavy atom. The number of esters is 1. The fourth-order valence-corrected chi connectivity index (χ4v) is 9.26. The second-order valence-electron chi connectivity index (χ2n) is 17.8. The molecule has 3 aromatic rings. The average Bonchev–Trinajstić information content (AvgIpc) is 3.45. The molecule has 316 valence electrons. The van der Waals surface area contributed by atoms with Crippen LogP contribution < -0.4 is 0 Å². The molecule has 0 saturated carbocycles. The molecule has 0 N–H and O–H groups in total. The molecule has 0 amide bonds. The molecule has 3 saturated heterocycles. The van der Waals surface area contributed by atoms with Crippen molar-refractivity contribution in [2.75, 3.05) is 13.2 Å². The quantitative estimate of drug-likeness (QED) is 0.0845. The summed E-state index contributed by atoms with van der Waals surface area (Å²) >= 11 is 0. The van der Waals surface area contributed by atoms with E-state index in [9.17, 15) is 4.79 Å². The van der Waals surface area contributed by atoms with E-state index in [1.165, 1.54) is 0 Å². The molecule has 0 spiro atoms. The maximum absolute atomic E-state index is 14.4. The van der Waals surface area contributed by atoms with Crippen molar-refractivity contribution < 1.29 is 42.4 Å². The SMILES string of the molecule is C/C=C\C[C@@H]1O[C@@H]2CO[C@@H](c3ccccc3)O[C@H]2CC[C@H]1OC(=O)C[C@@]1(C)O[C@@H](COCc2ccccc2)[C@H](OCc2ccccc2)CC[C@@H]1O[Si](C)(C)C(C)(C)C. The number of hydrogen-bond acceptors (Lipinski definition) is 9. The highest BCUT2D eigenvalue weighted by Crippen LogP contribution is 2.43. The highest BCUT2D eigenvalue weighted by Gasteiger charge is 2.50. The molecule has 9 atom stereocenters. The molecule has 58 heavy (non-hydrogen) atoms. The van der Waals surface area contributed by atoms with E-state index in [1.807, 2.05) is 86.7 Å². The molecular formula is C48H66O9Si. The van der Waals surface area contributed by atoms with E-state index in [4.69, 9.17) is 37.6 Å². The first kappa shape index (κ1) is 44.4. The van der Waals surface area contributed by atoms with Crippen LogP contribution in [0.5, 0.6) is 0 Å². The maximum Gasteiger partial charge on any atom is 0.309 e. The van der Waals surface area contributed by atoms with Crippen LogP contribution in [0, 0.1) is 0 Å². The second kappa shape index (κ2) is 20.4. The number of allylic oxidation sites excluding steroid dienone is 1. The summed E-state index contributed by atoms with van der Waals surface area (Å²) in [6, 6.07) is 30.3. The smallest absolute Gasteiger partial charge is 0.309 e. The number of fused-ring (bicyclic) bond motifs is 1. The largest absolute Gasteiger partial charge is 0.459 e. The molecule has 3 fully saturated rings. The van der Waals surface area contributed by atoms with Gasteiger partial charge >= 0.3 is 5.97 Å². The Kier molecular flexibility index (Phi) is 15.6. The van der Waals surface area contributed by atoms with E-state index in [0.29, 0.717) is 58.5 Å². The number of benzene rings is 3.